The van der Waals surface area contributed by atoms with Crippen molar-refractivity contribution in [3.05, 3.63) is 0 Å². The molecule has 7 N–H and O–H groups in total. The molecular formula is C12H26N2O5. The lowest BCUT2D eigenvalue weighted by Crippen LogP contribution is -2.34. The van der Waals surface area contributed by atoms with Gasteiger partial charge in [0.15, 0.2) is 6.29 Å². The summed E-state index contributed by atoms with van der Waals surface area (Å²) in [6.07, 6.45) is -1.29. The Balaban J connectivity index is 3.80. The maximum Gasteiger partial charge on any atom is 0.166 e. The Labute approximate surface area is 113 Å². The minimum atomic E-state index is -1.49. The van der Waals surface area contributed by atoms with Crippen LogP contribution in [0.3, 0.4) is 0 Å². The zero-order valence-corrected chi connectivity index (χ0v) is 11.3. The van der Waals surface area contributed by atoms with Crippen LogP contribution in [-0.4, -0.2) is 68.9 Å². The van der Waals surface area contributed by atoms with Gasteiger partial charge in [0.25, 0.3) is 0 Å². The Morgan fingerprint density at radius 3 is 2.32 bits per heavy atom. The minimum Gasteiger partial charge on any atom is -0.394 e. The fraction of sp³-hybridized carbons (Fsp3) is 0.917. The summed E-state index contributed by atoms with van der Waals surface area (Å²) in [6, 6.07) is -0.643. The largest absolute Gasteiger partial charge is 0.394 e. The number of nitrogens with two attached hydrogens (primary N) is 1. The van der Waals surface area contributed by atoms with Crippen LogP contribution in [0.5, 0.6) is 0 Å². The van der Waals surface area contributed by atoms with Crippen molar-refractivity contribution >= 4 is 5.71 Å². The maximum atomic E-state index is 9.65. The molecule has 0 aliphatic heterocycles. The number of hydrogen-bond acceptors (Lipinski definition) is 7. The molecule has 0 aromatic carbocycles. The molecule has 114 valence electrons. The highest BCUT2D eigenvalue weighted by molar-refractivity contribution is 5.86. The van der Waals surface area contributed by atoms with Crippen molar-refractivity contribution in [2.75, 3.05) is 13.2 Å². The zero-order valence-electron chi connectivity index (χ0n) is 11.3. The molecule has 0 radical (unpaired) electrons. The number of hydrogen-bond donors (Lipinski definition) is 6. The van der Waals surface area contributed by atoms with Crippen molar-refractivity contribution in [2.45, 2.75) is 57.1 Å². The summed E-state index contributed by atoms with van der Waals surface area (Å²) in [6.45, 7) is 1.79. The van der Waals surface area contributed by atoms with Crippen molar-refractivity contribution in [1.29, 1.82) is 0 Å². The van der Waals surface area contributed by atoms with Gasteiger partial charge >= 0.3 is 0 Å². The molecule has 0 heterocycles. The highest BCUT2D eigenvalue weighted by Crippen LogP contribution is 2.04. The van der Waals surface area contributed by atoms with E-state index in [1.807, 2.05) is 0 Å². The molecule has 3 atom stereocenters. The van der Waals surface area contributed by atoms with Gasteiger partial charge in [-0.1, -0.05) is 0 Å². The average molecular weight is 278 g/mol. The first kappa shape index (κ1) is 18.4. The van der Waals surface area contributed by atoms with E-state index in [1.54, 1.807) is 6.92 Å². The first-order valence-corrected chi connectivity index (χ1v) is 6.48. The van der Waals surface area contributed by atoms with Crippen LogP contribution < -0.4 is 5.73 Å². The van der Waals surface area contributed by atoms with Crippen LogP contribution >= 0.6 is 0 Å². The Bertz CT molecular complexity index is 261. The molecule has 0 aromatic rings. The molecular weight excluding hydrogens is 252 g/mol. The van der Waals surface area contributed by atoms with Crippen LogP contribution in [0.25, 0.3) is 0 Å². The number of aliphatic hydroxyl groups excluding tert-OH is 4. The van der Waals surface area contributed by atoms with Crippen molar-refractivity contribution in [3.8, 4) is 0 Å². The number of rotatable bonds is 10. The lowest BCUT2D eigenvalue weighted by molar-refractivity contribution is -0.0599. The van der Waals surface area contributed by atoms with Gasteiger partial charge in [-0.25, -0.2) is 0 Å². The molecule has 0 saturated carbocycles. The lowest BCUT2D eigenvalue weighted by Gasteiger charge is -2.14. The van der Waals surface area contributed by atoms with Crippen molar-refractivity contribution in [2.24, 2.45) is 10.7 Å². The third-order valence-corrected chi connectivity index (χ3v) is 2.88. The van der Waals surface area contributed by atoms with Gasteiger partial charge in [-0.05, 0) is 26.2 Å². The second kappa shape index (κ2) is 10.2. The van der Waals surface area contributed by atoms with Crippen LogP contribution in [-0.2, 0) is 0 Å². The Morgan fingerprint density at radius 1 is 1.16 bits per heavy atom. The summed E-state index contributed by atoms with van der Waals surface area (Å²) < 4.78 is 0. The fourth-order valence-electron chi connectivity index (χ4n) is 1.50. The molecule has 7 heteroatoms. The van der Waals surface area contributed by atoms with E-state index < -0.39 is 24.5 Å². The molecule has 0 rings (SSSR count). The predicted octanol–water partition coefficient (Wildman–Crippen LogP) is -1.64. The van der Waals surface area contributed by atoms with Gasteiger partial charge < -0.3 is 31.3 Å². The maximum absolute atomic E-state index is 9.65. The van der Waals surface area contributed by atoms with Crippen molar-refractivity contribution in [1.82, 2.24) is 0 Å². The van der Waals surface area contributed by atoms with E-state index >= 15 is 0 Å². The average Bonchev–Trinajstić information content (AvgIpc) is 2.37. The summed E-state index contributed by atoms with van der Waals surface area (Å²) in [5.41, 5.74) is 5.96. The SMILES string of the molecule is CC(=NCCCC[C@H](N)C(O)O)[C@H](O)C[C@H](O)CO. The summed E-state index contributed by atoms with van der Waals surface area (Å²) >= 11 is 0. The van der Waals surface area contributed by atoms with Gasteiger partial charge in [0.1, 0.15) is 0 Å². The monoisotopic (exact) mass is 278 g/mol. The van der Waals surface area contributed by atoms with Crippen LogP contribution in [0.1, 0.15) is 32.6 Å². The van der Waals surface area contributed by atoms with E-state index in [0.717, 1.165) is 6.42 Å². The topological polar surface area (TPSA) is 140 Å². The smallest absolute Gasteiger partial charge is 0.166 e. The summed E-state index contributed by atoms with van der Waals surface area (Å²) in [5.74, 6) is 0. The van der Waals surface area contributed by atoms with Gasteiger partial charge in [0, 0.05) is 18.7 Å². The van der Waals surface area contributed by atoms with E-state index in [4.69, 9.17) is 21.1 Å². The van der Waals surface area contributed by atoms with Gasteiger partial charge in [0.05, 0.1) is 24.9 Å². The Hall–Kier alpha value is -0.570. The standard InChI is InChI=1S/C12H26N2O5/c1-8(11(17)6-9(16)7-15)14-5-3-2-4-10(13)12(18)19/h9-12,15-19H,2-7,13H2,1H3/t9-,10-,11+/m0/s1. The predicted molar refractivity (Wildman–Crippen MR) is 71.7 cm³/mol. The molecule has 0 amide bonds. The summed E-state index contributed by atoms with van der Waals surface area (Å²) in [7, 11) is 0. The third-order valence-electron chi connectivity index (χ3n) is 2.88. The van der Waals surface area contributed by atoms with Crippen LogP contribution in [0.15, 0.2) is 4.99 Å². The van der Waals surface area contributed by atoms with E-state index in [0.29, 0.717) is 25.1 Å². The second-order valence-electron chi connectivity index (χ2n) is 4.68. The normalized spacial score (nSPS) is 17.6. The highest BCUT2D eigenvalue weighted by Gasteiger charge is 2.13. The van der Waals surface area contributed by atoms with Crippen LogP contribution in [0, 0.1) is 0 Å². The minimum absolute atomic E-state index is 0.0629. The summed E-state index contributed by atoms with van der Waals surface area (Å²) in [5, 5.41) is 45.0. The van der Waals surface area contributed by atoms with E-state index in [2.05, 4.69) is 4.99 Å². The van der Waals surface area contributed by atoms with Gasteiger partial charge in [0.2, 0.25) is 0 Å². The van der Waals surface area contributed by atoms with E-state index in [-0.39, 0.29) is 13.0 Å². The molecule has 0 fully saturated rings. The van der Waals surface area contributed by atoms with Crippen molar-refractivity contribution < 1.29 is 25.5 Å². The highest BCUT2D eigenvalue weighted by atomic mass is 16.5. The van der Waals surface area contributed by atoms with E-state index in [1.165, 1.54) is 0 Å². The summed E-state index contributed by atoms with van der Waals surface area (Å²) in [4.78, 5) is 4.16. The van der Waals surface area contributed by atoms with E-state index in [9.17, 15) is 10.2 Å². The molecule has 0 spiro atoms. The third kappa shape index (κ3) is 9.04. The lowest BCUT2D eigenvalue weighted by atomic mass is 10.1. The molecule has 19 heavy (non-hydrogen) atoms. The zero-order chi connectivity index (χ0) is 14.8. The number of nitrogens with zero attached hydrogens (tertiary/aromatic N) is 1. The molecule has 0 aromatic heterocycles. The molecule has 7 nitrogen and oxygen atoms in total. The first-order valence-electron chi connectivity index (χ1n) is 6.48. The van der Waals surface area contributed by atoms with Crippen molar-refractivity contribution in [3.63, 3.8) is 0 Å². The van der Waals surface area contributed by atoms with Gasteiger partial charge in [-0.15, -0.1) is 0 Å². The molecule has 0 aliphatic carbocycles. The van der Waals surface area contributed by atoms with Gasteiger partial charge in [-0.2, -0.15) is 0 Å². The number of aliphatic hydroxyl groups is 5. The van der Waals surface area contributed by atoms with Gasteiger partial charge in [-0.3, -0.25) is 4.99 Å². The molecule has 0 saturated heterocycles. The number of unbranched alkanes of at least 4 members (excludes halogenated alkanes) is 1. The quantitative estimate of drug-likeness (QED) is 0.161. The fourth-order valence-corrected chi connectivity index (χ4v) is 1.50. The first-order chi connectivity index (χ1) is 8.88. The number of aliphatic imine (C=N–C) groups is 1. The Morgan fingerprint density at radius 2 is 1.79 bits per heavy atom. The van der Waals surface area contributed by atoms with Crippen LogP contribution in [0.2, 0.25) is 0 Å². The molecule has 0 unspecified atom stereocenters. The Kier molecular flexibility index (Phi) is 9.94. The van der Waals surface area contributed by atoms with Crippen LogP contribution in [0.4, 0.5) is 0 Å². The second-order valence-corrected chi connectivity index (χ2v) is 4.68. The molecule has 0 bridgehead atoms. The molecule has 0 aliphatic rings.